The highest BCUT2D eigenvalue weighted by atomic mass is 19.1. The monoisotopic (exact) mass is 1070 g/mol. The van der Waals surface area contributed by atoms with Crippen LogP contribution in [0.25, 0.3) is 0 Å². The lowest BCUT2D eigenvalue weighted by atomic mass is 9.96. The number of aliphatic hydroxyl groups excluding tert-OH is 2. The van der Waals surface area contributed by atoms with Crippen LogP contribution in [0.4, 0.5) is 26.3 Å². The number of hydrogen-bond acceptors (Lipinski definition) is 17. The molecular weight excluding hydrogens is 1030 g/mol. The molecule has 0 aromatic heterocycles. The second kappa shape index (κ2) is 24.5. The zero-order valence-electron chi connectivity index (χ0n) is 39.3. The van der Waals surface area contributed by atoms with Gasteiger partial charge < -0.3 is 52.8 Å². The van der Waals surface area contributed by atoms with Crippen LogP contribution in [0.3, 0.4) is 0 Å². The Morgan fingerprint density at radius 2 is 0.597 bits per heavy atom. The van der Waals surface area contributed by atoms with Crippen LogP contribution in [-0.2, 0) is 42.6 Å². The zero-order valence-corrected chi connectivity index (χ0v) is 39.3. The molecule has 0 amide bonds. The molecule has 2 heterocycles. The minimum Gasteiger partial charge on any atom is -0.452 e. The molecular formula is C54H40F6O17. The molecule has 0 saturated carbocycles. The zero-order chi connectivity index (χ0) is 54.9. The van der Waals surface area contributed by atoms with Crippen LogP contribution in [-0.4, -0.2) is 121 Å². The Balaban J connectivity index is 1.19. The van der Waals surface area contributed by atoms with E-state index in [2.05, 4.69) is 0 Å². The Morgan fingerprint density at radius 3 is 0.896 bits per heavy atom. The molecule has 8 rings (SSSR count). The van der Waals surface area contributed by atoms with E-state index in [4.69, 9.17) is 42.6 Å². The lowest BCUT2D eigenvalue weighted by molar-refractivity contribution is -0.323. The van der Waals surface area contributed by atoms with Crippen molar-refractivity contribution in [1.29, 1.82) is 0 Å². The third-order valence-electron chi connectivity index (χ3n) is 11.7. The molecule has 0 spiro atoms. The van der Waals surface area contributed by atoms with Crippen molar-refractivity contribution in [2.45, 2.75) is 61.4 Å². The molecule has 0 radical (unpaired) electrons. The molecule has 17 nitrogen and oxygen atoms in total. The average molecular weight is 1070 g/mol. The summed E-state index contributed by atoms with van der Waals surface area (Å²) in [4.78, 5) is 82.8. The van der Waals surface area contributed by atoms with Gasteiger partial charge in [0.25, 0.3) is 0 Å². The minimum absolute atomic E-state index is 0.268. The minimum atomic E-state index is -2.36. The first kappa shape index (κ1) is 54.8. The fraction of sp³-hybridized carbons (Fsp3) is 0.222. The van der Waals surface area contributed by atoms with Crippen LogP contribution < -0.4 is 0 Å². The van der Waals surface area contributed by atoms with Crippen LogP contribution in [0.1, 0.15) is 62.1 Å². The highest BCUT2D eigenvalue weighted by Gasteiger charge is 2.56. The molecule has 0 unspecified atom stereocenters. The highest BCUT2D eigenvalue weighted by Crippen LogP contribution is 2.35. The molecule has 400 valence electrons. The SMILES string of the molecule is O=C(O[C@@H]1[C@@H](OC(=O)c2ccc(F)cc2)[C@H](O)O[C@H](CO[C@@H]2O[C@H](CO)[C@@H](OC(=O)c3ccc(F)cc3)[C@H](OC(=O)c3ccc(F)cc3)[C@H]2OC(=O)c2ccc(F)cc2)[C@H]1OC(=O)c1ccc(F)cc1)c1ccc(F)cc1. The molecule has 6 aromatic carbocycles. The van der Waals surface area contributed by atoms with Gasteiger partial charge in [-0.1, -0.05) is 0 Å². The largest absolute Gasteiger partial charge is 0.452 e. The smallest absolute Gasteiger partial charge is 0.338 e. The lowest BCUT2D eigenvalue weighted by Crippen LogP contribution is -2.64. The first-order valence-electron chi connectivity index (χ1n) is 23.0. The summed E-state index contributed by atoms with van der Waals surface area (Å²) in [6.07, 6.45) is -20.8. The predicted octanol–water partition coefficient (Wildman–Crippen LogP) is 6.63. The number of carbonyl (C=O) groups is 6. The normalized spacial score (nSPS) is 22.9. The van der Waals surface area contributed by atoms with E-state index in [1.54, 1.807) is 0 Å². The molecule has 0 bridgehead atoms. The molecule has 2 N–H and O–H groups in total. The van der Waals surface area contributed by atoms with Gasteiger partial charge in [0.15, 0.2) is 49.2 Å². The maximum Gasteiger partial charge on any atom is 0.338 e. The van der Waals surface area contributed by atoms with Gasteiger partial charge in [-0.3, -0.25) is 0 Å². The van der Waals surface area contributed by atoms with Gasteiger partial charge in [0, 0.05) is 0 Å². The van der Waals surface area contributed by atoms with Crippen LogP contribution in [0, 0.1) is 34.9 Å². The number of benzene rings is 6. The molecule has 2 fully saturated rings. The second-order valence-corrected chi connectivity index (χ2v) is 16.9. The maximum absolute atomic E-state index is 14.1. The maximum atomic E-state index is 14.1. The van der Waals surface area contributed by atoms with Crippen LogP contribution in [0.15, 0.2) is 146 Å². The van der Waals surface area contributed by atoms with E-state index in [1.807, 2.05) is 0 Å². The fourth-order valence-corrected chi connectivity index (χ4v) is 7.85. The van der Waals surface area contributed by atoms with Crippen molar-refractivity contribution < 1.29 is 108 Å². The number of hydrogen-bond donors (Lipinski definition) is 2. The second-order valence-electron chi connectivity index (χ2n) is 16.9. The summed E-state index contributed by atoms with van der Waals surface area (Å²) in [5.41, 5.74) is -1.83. The third-order valence-corrected chi connectivity index (χ3v) is 11.7. The summed E-state index contributed by atoms with van der Waals surface area (Å²) >= 11 is 0. The van der Waals surface area contributed by atoms with Crippen molar-refractivity contribution in [3.63, 3.8) is 0 Å². The molecule has 2 saturated heterocycles. The van der Waals surface area contributed by atoms with E-state index >= 15 is 0 Å². The first-order valence-corrected chi connectivity index (χ1v) is 23.0. The molecule has 2 aliphatic heterocycles. The Bertz CT molecular complexity index is 3060. The van der Waals surface area contributed by atoms with Gasteiger partial charge in [0.05, 0.1) is 46.6 Å². The van der Waals surface area contributed by atoms with E-state index < -0.39 is 145 Å². The number of halogens is 6. The van der Waals surface area contributed by atoms with Crippen molar-refractivity contribution in [2.75, 3.05) is 13.2 Å². The Morgan fingerprint density at radius 1 is 0.351 bits per heavy atom. The van der Waals surface area contributed by atoms with E-state index in [-0.39, 0.29) is 33.4 Å². The van der Waals surface area contributed by atoms with Gasteiger partial charge in [-0.05, 0) is 146 Å². The van der Waals surface area contributed by atoms with Crippen molar-refractivity contribution in [3.05, 3.63) is 214 Å². The average Bonchev–Trinajstić information content (AvgIpc) is 3.42. The topological polar surface area (TPSA) is 226 Å². The van der Waals surface area contributed by atoms with Gasteiger partial charge in [0.2, 0.25) is 0 Å². The van der Waals surface area contributed by atoms with E-state index in [9.17, 15) is 65.3 Å². The van der Waals surface area contributed by atoms with Gasteiger partial charge >= 0.3 is 35.8 Å². The molecule has 6 aromatic rings. The van der Waals surface area contributed by atoms with Crippen LogP contribution in [0.5, 0.6) is 0 Å². The fourth-order valence-electron chi connectivity index (χ4n) is 7.85. The van der Waals surface area contributed by atoms with Crippen molar-refractivity contribution >= 4 is 35.8 Å². The highest BCUT2D eigenvalue weighted by molar-refractivity contribution is 5.93. The van der Waals surface area contributed by atoms with Crippen LogP contribution >= 0.6 is 0 Å². The number of rotatable bonds is 16. The van der Waals surface area contributed by atoms with E-state index in [0.717, 1.165) is 146 Å². The molecule has 77 heavy (non-hydrogen) atoms. The Kier molecular flexibility index (Phi) is 17.4. The molecule has 2 aliphatic rings. The Hall–Kier alpha value is -8.48. The predicted molar refractivity (Wildman–Crippen MR) is 246 cm³/mol. The third kappa shape index (κ3) is 13.5. The van der Waals surface area contributed by atoms with Crippen molar-refractivity contribution in [3.8, 4) is 0 Å². The summed E-state index contributed by atoms with van der Waals surface area (Å²) in [6.45, 7) is -2.14. The van der Waals surface area contributed by atoms with Crippen molar-refractivity contribution in [1.82, 2.24) is 0 Å². The Labute approximate surface area is 431 Å². The molecule has 0 aliphatic carbocycles. The first-order chi connectivity index (χ1) is 36.9. The summed E-state index contributed by atoms with van der Waals surface area (Å²) in [6, 6.07) is 22.9. The number of aliphatic hydroxyl groups is 2. The van der Waals surface area contributed by atoms with Gasteiger partial charge in [-0.25, -0.2) is 55.1 Å². The quantitative estimate of drug-likeness (QED) is 0.0589. The molecule has 23 heteroatoms. The number of esters is 6. The molecule has 10 atom stereocenters. The number of ether oxygens (including phenoxy) is 9. The van der Waals surface area contributed by atoms with E-state index in [0.29, 0.717) is 0 Å². The summed E-state index contributed by atoms with van der Waals surface area (Å²) in [5, 5.41) is 22.4. The standard InChI is InChI=1S/C54H40F6O17/c55-33-13-1-27(2-14-33)47(62)72-41-39(25-61)71-54(46(77-52(67)32-11-23-38(60)24-12-32)44(41)75-50(65)30-7-19-36(58)20-8-30)69-26-40-42(73-48(63)28-3-15-34(56)16-4-28)43(74-49(64)29-5-17-35(57)18-6-29)45(53(68)70-40)76-51(66)31-9-21-37(59)22-10-31/h1-24,39-46,53-54,61,68H,25-26H2/t39-,40-,41-,42-,43+,44+,45-,46-,53-,54-/m1/s1. The number of carbonyl (C=O) groups excluding carboxylic acids is 6. The summed E-state index contributed by atoms with van der Waals surface area (Å²) < 4.78 is 137. The van der Waals surface area contributed by atoms with Crippen molar-refractivity contribution in [2.24, 2.45) is 0 Å². The van der Waals surface area contributed by atoms with Crippen LogP contribution in [0.2, 0.25) is 0 Å². The summed E-state index contributed by atoms with van der Waals surface area (Å²) in [7, 11) is 0. The van der Waals surface area contributed by atoms with Gasteiger partial charge in [0.1, 0.15) is 47.1 Å². The summed E-state index contributed by atoms with van der Waals surface area (Å²) in [5.74, 6) is -12.1. The lowest BCUT2D eigenvalue weighted by Gasteiger charge is -2.45. The van der Waals surface area contributed by atoms with E-state index in [1.165, 1.54) is 0 Å². The van der Waals surface area contributed by atoms with Gasteiger partial charge in [-0.2, -0.15) is 0 Å². The van der Waals surface area contributed by atoms with Gasteiger partial charge in [-0.15, -0.1) is 0 Å².